The summed E-state index contributed by atoms with van der Waals surface area (Å²) >= 11 is 0. The molecule has 0 spiro atoms. The van der Waals surface area contributed by atoms with Crippen LogP contribution in [0.25, 0.3) is 0 Å². The number of nitrogens with one attached hydrogen (secondary N) is 1. The quantitative estimate of drug-likeness (QED) is 0.670. The van der Waals surface area contributed by atoms with Gasteiger partial charge in [-0.05, 0) is 37.1 Å². The maximum absolute atomic E-state index is 11.4. The summed E-state index contributed by atoms with van der Waals surface area (Å²) in [7, 11) is 0. The minimum atomic E-state index is -1.23. The van der Waals surface area contributed by atoms with Gasteiger partial charge in [-0.15, -0.1) is 0 Å². The number of carboxylic acid groups (broad SMARTS) is 1. The average Bonchev–Trinajstić information content (AvgIpc) is 2.47. The molecule has 0 bridgehead atoms. The molecule has 116 valence electrons. The highest BCUT2D eigenvalue weighted by Gasteiger charge is 2.02. The van der Waals surface area contributed by atoms with Gasteiger partial charge in [-0.2, -0.15) is 0 Å². The summed E-state index contributed by atoms with van der Waals surface area (Å²) in [6.45, 7) is 2.86. The Bertz CT molecular complexity index is 442. The second-order valence-electron chi connectivity index (χ2n) is 4.85. The topological polar surface area (TPSA) is 78.5 Å². The van der Waals surface area contributed by atoms with Gasteiger partial charge in [-0.1, -0.05) is 26.2 Å². The third-order valence-electron chi connectivity index (χ3n) is 2.96. The molecule has 5 nitrogen and oxygen atoms in total. The van der Waals surface area contributed by atoms with Crippen molar-refractivity contribution in [3.05, 3.63) is 24.3 Å². The molecule has 0 unspecified atom stereocenters. The van der Waals surface area contributed by atoms with E-state index in [0.717, 1.165) is 12.2 Å². The van der Waals surface area contributed by atoms with Gasteiger partial charge < -0.3 is 20.0 Å². The van der Waals surface area contributed by atoms with Gasteiger partial charge in [-0.3, -0.25) is 4.79 Å². The molecule has 0 aliphatic heterocycles. The minimum Gasteiger partial charge on any atom is -0.550 e. The molecule has 1 amide bonds. The van der Waals surface area contributed by atoms with Crippen LogP contribution in [0.3, 0.4) is 0 Å². The summed E-state index contributed by atoms with van der Waals surface area (Å²) in [5, 5.41) is 12.9. The summed E-state index contributed by atoms with van der Waals surface area (Å²) in [6, 6.07) is 7.04. The Morgan fingerprint density at radius 3 is 2.43 bits per heavy atom. The van der Waals surface area contributed by atoms with Crippen molar-refractivity contribution in [3.8, 4) is 5.75 Å². The van der Waals surface area contributed by atoms with E-state index in [9.17, 15) is 14.7 Å². The monoisotopic (exact) mass is 292 g/mol. The lowest BCUT2D eigenvalue weighted by Crippen LogP contribution is -2.24. The van der Waals surface area contributed by atoms with Gasteiger partial charge in [0.25, 0.3) is 0 Å². The van der Waals surface area contributed by atoms with Crippen LogP contribution in [0.5, 0.6) is 5.75 Å². The Hall–Kier alpha value is -2.04. The van der Waals surface area contributed by atoms with E-state index in [0.29, 0.717) is 12.3 Å². The second kappa shape index (κ2) is 9.80. The smallest absolute Gasteiger partial charge is 0.224 e. The maximum Gasteiger partial charge on any atom is 0.224 e. The van der Waals surface area contributed by atoms with Crippen LogP contribution in [0.2, 0.25) is 0 Å². The fourth-order valence-corrected chi connectivity index (χ4v) is 1.79. The largest absolute Gasteiger partial charge is 0.550 e. The standard InChI is InChI=1S/C16H23NO4/c1-2-3-4-5-12-21-14-8-6-13(7-9-14)17-15(18)10-11-16(19)20/h6-9H,2-5,10-12H2,1H3,(H,17,18)(H,19,20)/p-1. The third-order valence-corrected chi connectivity index (χ3v) is 2.96. The van der Waals surface area contributed by atoms with Crippen molar-refractivity contribution < 1.29 is 19.4 Å². The summed E-state index contributed by atoms with van der Waals surface area (Å²) in [6.07, 6.45) is 4.27. The van der Waals surface area contributed by atoms with Crippen LogP contribution in [0.1, 0.15) is 45.4 Å². The summed E-state index contributed by atoms with van der Waals surface area (Å²) in [5.41, 5.74) is 0.622. The first-order chi connectivity index (χ1) is 10.1. The molecule has 0 atom stereocenters. The molecule has 1 aromatic rings. The van der Waals surface area contributed by atoms with E-state index in [2.05, 4.69) is 12.2 Å². The maximum atomic E-state index is 11.4. The normalized spacial score (nSPS) is 10.1. The van der Waals surface area contributed by atoms with Crippen molar-refractivity contribution in [1.29, 1.82) is 0 Å². The number of hydrogen-bond acceptors (Lipinski definition) is 4. The number of ether oxygens (including phenoxy) is 1. The molecule has 1 rings (SSSR count). The summed E-state index contributed by atoms with van der Waals surface area (Å²) in [4.78, 5) is 21.7. The van der Waals surface area contributed by atoms with Crippen molar-refractivity contribution in [2.75, 3.05) is 11.9 Å². The van der Waals surface area contributed by atoms with E-state index in [-0.39, 0.29) is 18.7 Å². The van der Waals surface area contributed by atoms with Crippen molar-refractivity contribution in [3.63, 3.8) is 0 Å². The Morgan fingerprint density at radius 1 is 1.10 bits per heavy atom. The molecule has 0 heterocycles. The summed E-state index contributed by atoms with van der Waals surface area (Å²) < 4.78 is 5.59. The fraction of sp³-hybridized carbons (Fsp3) is 0.500. The van der Waals surface area contributed by atoms with Crippen LogP contribution in [-0.4, -0.2) is 18.5 Å². The number of aliphatic carboxylic acids is 1. The Labute approximate surface area is 125 Å². The van der Waals surface area contributed by atoms with Crippen LogP contribution in [0.4, 0.5) is 5.69 Å². The van der Waals surface area contributed by atoms with Crippen molar-refractivity contribution >= 4 is 17.6 Å². The first kappa shape index (κ1) is 17.0. The third kappa shape index (κ3) is 7.97. The van der Waals surface area contributed by atoms with Crippen molar-refractivity contribution in [1.82, 2.24) is 0 Å². The number of benzene rings is 1. The van der Waals surface area contributed by atoms with Gasteiger partial charge in [0.1, 0.15) is 5.75 Å². The van der Waals surface area contributed by atoms with E-state index >= 15 is 0 Å². The minimum absolute atomic E-state index is 0.0853. The van der Waals surface area contributed by atoms with Crippen molar-refractivity contribution in [2.24, 2.45) is 0 Å². The number of anilines is 1. The van der Waals surface area contributed by atoms with Gasteiger partial charge in [0, 0.05) is 18.1 Å². The van der Waals surface area contributed by atoms with Gasteiger partial charge in [0.15, 0.2) is 0 Å². The van der Waals surface area contributed by atoms with Gasteiger partial charge in [0.2, 0.25) is 5.91 Å². The van der Waals surface area contributed by atoms with Gasteiger partial charge >= 0.3 is 0 Å². The molecule has 0 aromatic heterocycles. The zero-order valence-electron chi connectivity index (χ0n) is 12.4. The van der Waals surface area contributed by atoms with Crippen molar-refractivity contribution in [2.45, 2.75) is 45.4 Å². The molecule has 0 saturated heterocycles. The lowest BCUT2D eigenvalue weighted by molar-refractivity contribution is -0.305. The lowest BCUT2D eigenvalue weighted by atomic mass is 10.2. The fourth-order valence-electron chi connectivity index (χ4n) is 1.79. The number of hydrogen-bond donors (Lipinski definition) is 1. The molecule has 1 N–H and O–H groups in total. The zero-order valence-corrected chi connectivity index (χ0v) is 12.4. The zero-order chi connectivity index (χ0) is 15.5. The number of amides is 1. The van der Waals surface area contributed by atoms with E-state index in [1.54, 1.807) is 24.3 Å². The molecule has 0 fully saturated rings. The van der Waals surface area contributed by atoms with E-state index in [1.807, 2.05) is 0 Å². The molecule has 1 aromatic carbocycles. The predicted octanol–water partition coefficient (Wildman–Crippen LogP) is 2.11. The second-order valence-corrected chi connectivity index (χ2v) is 4.85. The Balaban J connectivity index is 2.29. The SMILES string of the molecule is CCCCCCOc1ccc(NC(=O)CCC(=O)[O-])cc1. The van der Waals surface area contributed by atoms with Gasteiger partial charge in [-0.25, -0.2) is 0 Å². The predicted molar refractivity (Wildman–Crippen MR) is 78.9 cm³/mol. The van der Waals surface area contributed by atoms with Gasteiger partial charge in [0.05, 0.1) is 6.61 Å². The lowest BCUT2D eigenvalue weighted by Gasteiger charge is -2.08. The molecule has 21 heavy (non-hydrogen) atoms. The molecule has 0 aliphatic rings. The van der Waals surface area contributed by atoms with Crippen LogP contribution in [0.15, 0.2) is 24.3 Å². The average molecular weight is 292 g/mol. The number of rotatable bonds is 10. The highest BCUT2D eigenvalue weighted by atomic mass is 16.5. The molecule has 0 radical (unpaired) electrons. The number of unbranched alkanes of at least 4 members (excludes halogenated alkanes) is 3. The number of carboxylic acids is 1. The first-order valence-corrected chi connectivity index (χ1v) is 7.34. The van der Waals surface area contributed by atoms with E-state index < -0.39 is 5.97 Å². The molecular weight excluding hydrogens is 270 g/mol. The van der Waals surface area contributed by atoms with Crippen LogP contribution >= 0.6 is 0 Å². The Morgan fingerprint density at radius 2 is 1.81 bits per heavy atom. The first-order valence-electron chi connectivity index (χ1n) is 7.34. The van der Waals surface area contributed by atoms with Crippen LogP contribution in [-0.2, 0) is 9.59 Å². The Kier molecular flexibility index (Phi) is 7.94. The highest BCUT2D eigenvalue weighted by Crippen LogP contribution is 2.16. The number of carbonyl (C=O) groups is 2. The van der Waals surface area contributed by atoms with Crippen LogP contribution < -0.4 is 15.2 Å². The molecular formula is C16H22NO4-. The van der Waals surface area contributed by atoms with Crippen LogP contribution in [0, 0.1) is 0 Å². The molecule has 0 saturated carbocycles. The molecule has 5 heteroatoms. The number of carbonyl (C=O) groups excluding carboxylic acids is 2. The molecule has 0 aliphatic carbocycles. The van der Waals surface area contributed by atoms with E-state index in [1.165, 1.54) is 19.3 Å². The summed E-state index contributed by atoms with van der Waals surface area (Å²) in [5.74, 6) is -0.802. The van der Waals surface area contributed by atoms with E-state index in [4.69, 9.17) is 4.74 Å². The highest BCUT2D eigenvalue weighted by molar-refractivity contribution is 5.92.